The number of carbonyl (C=O) groups is 2. The zero-order valence-corrected chi connectivity index (χ0v) is 16.4. The highest BCUT2D eigenvalue weighted by Crippen LogP contribution is 2.27. The van der Waals surface area contributed by atoms with E-state index in [1.165, 1.54) is 5.01 Å². The van der Waals surface area contributed by atoms with Gasteiger partial charge in [0.05, 0.1) is 23.2 Å². The van der Waals surface area contributed by atoms with Crippen LogP contribution in [0.3, 0.4) is 0 Å². The normalized spacial score (nSPS) is 21.6. The molecular formula is C20H21N3O4S. The molecule has 146 valence electrons. The van der Waals surface area contributed by atoms with Crippen LogP contribution in [0, 0.1) is 0 Å². The Morgan fingerprint density at radius 1 is 1.14 bits per heavy atom. The number of nitrogens with zero attached hydrogens (tertiary/aromatic N) is 3. The minimum absolute atomic E-state index is 0.0517. The highest BCUT2D eigenvalue weighted by atomic mass is 32.2. The summed E-state index contributed by atoms with van der Waals surface area (Å²) in [5.74, 6) is -0.555. The quantitative estimate of drug-likeness (QED) is 0.790. The lowest BCUT2D eigenvalue weighted by atomic mass is 10.1. The molecule has 2 aliphatic heterocycles. The number of anilines is 1. The topological polar surface area (TPSA) is 87.1 Å². The van der Waals surface area contributed by atoms with Crippen LogP contribution in [0.4, 0.5) is 5.69 Å². The maximum absolute atomic E-state index is 13.1. The van der Waals surface area contributed by atoms with Gasteiger partial charge in [-0.2, -0.15) is 5.10 Å². The summed E-state index contributed by atoms with van der Waals surface area (Å²) in [5.41, 5.74) is 1.04. The third kappa shape index (κ3) is 3.40. The third-order valence-corrected chi connectivity index (χ3v) is 7.04. The number of fused-ring (bicyclic) bond motifs is 1. The molecule has 0 spiro atoms. The number of rotatable bonds is 3. The van der Waals surface area contributed by atoms with Gasteiger partial charge in [-0.3, -0.25) is 9.59 Å². The Morgan fingerprint density at radius 3 is 2.64 bits per heavy atom. The van der Waals surface area contributed by atoms with E-state index in [9.17, 15) is 18.0 Å². The summed E-state index contributed by atoms with van der Waals surface area (Å²) in [7, 11) is -1.46. The Balaban J connectivity index is 1.63. The molecule has 28 heavy (non-hydrogen) atoms. The molecule has 0 bridgehead atoms. The molecule has 7 nitrogen and oxygen atoms in total. The predicted molar refractivity (Wildman–Crippen MR) is 108 cm³/mol. The van der Waals surface area contributed by atoms with E-state index < -0.39 is 15.9 Å². The monoisotopic (exact) mass is 399 g/mol. The van der Waals surface area contributed by atoms with Crippen LogP contribution in [0.5, 0.6) is 0 Å². The summed E-state index contributed by atoms with van der Waals surface area (Å²) in [4.78, 5) is 26.9. The molecule has 1 saturated heterocycles. The average molecular weight is 399 g/mol. The van der Waals surface area contributed by atoms with Crippen molar-refractivity contribution in [1.29, 1.82) is 0 Å². The highest BCUT2D eigenvalue weighted by molar-refractivity contribution is 7.91. The van der Waals surface area contributed by atoms with Gasteiger partial charge in [0, 0.05) is 25.3 Å². The third-order valence-electron chi connectivity index (χ3n) is 5.29. The molecule has 1 fully saturated rings. The first-order valence-electron chi connectivity index (χ1n) is 9.21. The van der Waals surface area contributed by atoms with Crippen LogP contribution in [0.25, 0.3) is 10.8 Å². The molecular weight excluding hydrogens is 378 g/mol. The van der Waals surface area contributed by atoms with Crippen LogP contribution in [0.1, 0.15) is 19.3 Å². The number of carbonyl (C=O) groups excluding carboxylic acids is 2. The summed E-state index contributed by atoms with van der Waals surface area (Å²) in [5, 5.41) is 7.48. The molecule has 0 N–H and O–H groups in total. The van der Waals surface area contributed by atoms with Crippen molar-refractivity contribution in [1.82, 2.24) is 5.01 Å². The van der Waals surface area contributed by atoms with Crippen molar-refractivity contribution in [2.24, 2.45) is 5.10 Å². The largest absolute Gasteiger partial charge is 0.310 e. The highest BCUT2D eigenvalue weighted by Gasteiger charge is 2.37. The van der Waals surface area contributed by atoms with E-state index in [-0.39, 0.29) is 41.9 Å². The predicted octanol–water partition coefficient (Wildman–Crippen LogP) is 1.97. The first-order chi connectivity index (χ1) is 13.4. The van der Waals surface area contributed by atoms with Crippen LogP contribution in [0.15, 0.2) is 47.6 Å². The second kappa shape index (κ2) is 7.01. The van der Waals surface area contributed by atoms with Gasteiger partial charge in [-0.1, -0.05) is 36.4 Å². The van der Waals surface area contributed by atoms with Crippen molar-refractivity contribution in [3.63, 3.8) is 0 Å². The van der Waals surface area contributed by atoms with Crippen LogP contribution < -0.4 is 4.90 Å². The summed E-state index contributed by atoms with van der Waals surface area (Å²) in [6.45, 7) is 0. The van der Waals surface area contributed by atoms with E-state index in [4.69, 9.17) is 0 Å². The molecule has 4 rings (SSSR count). The SMILES string of the molecule is CN(C(=O)C1=NN(C2CCS(=O)(=O)C2)C(=O)CC1)c1cccc2ccccc12. The Bertz CT molecular complexity index is 1090. The zero-order chi connectivity index (χ0) is 19.9. The number of sulfone groups is 1. The summed E-state index contributed by atoms with van der Waals surface area (Å²) in [6.07, 6.45) is 0.769. The van der Waals surface area contributed by atoms with Gasteiger partial charge in [0.2, 0.25) is 5.91 Å². The summed E-state index contributed by atoms with van der Waals surface area (Å²) in [6, 6.07) is 13.1. The lowest BCUT2D eigenvalue weighted by Crippen LogP contribution is -2.44. The van der Waals surface area contributed by atoms with Gasteiger partial charge < -0.3 is 4.90 Å². The maximum atomic E-state index is 13.1. The zero-order valence-electron chi connectivity index (χ0n) is 15.5. The first-order valence-corrected chi connectivity index (χ1v) is 11.0. The maximum Gasteiger partial charge on any atom is 0.274 e. The van der Waals surface area contributed by atoms with Crippen molar-refractivity contribution >= 4 is 43.8 Å². The summed E-state index contributed by atoms with van der Waals surface area (Å²) < 4.78 is 23.5. The Labute approximate surface area is 163 Å². The molecule has 0 aromatic heterocycles. The average Bonchev–Trinajstić information content (AvgIpc) is 3.06. The molecule has 0 radical (unpaired) electrons. The van der Waals surface area contributed by atoms with Crippen molar-refractivity contribution in [3.8, 4) is 0 Å². The molecule has 0 aliphatic carbocycles. The smallest absolute Gasteiger partial charge is 0.274 e. The first kappa shape index (κ1) is 18.6. The van der Waals surface area contributed by atoms with E-state index in [2.05, 4.69) is 5.10 Å². The van der Waals surface area contributed by atoms with Crippen molar-refractivity contribution in [3.05, 3.63) is 42.5 Å². The van der Waals surface area contributed by atoms with Gasteiger partial charge in [0.15, 0.2) is 9.84 Å². The second-order valence-electron chi connectivity index (χ2n) is 7.20. The van der Waals surface area contributed by atoms with Gasteiger partial charge in [0.25, 0.3) is 5.91 Å². The Kier molecular flexibility index (Phi) is 4.66. The van der Waals surface area contributed by atoms with E-state index in [1.54, 1.807) is 11.9 Å². The van der Waals surface area contributed by atoms with E-state index in [0.717, 1.165) is 16.5 Å². The van der Waals surface area contributed by atoms with E-state index in [0.29, 0.717) is 6.42 Å². The minimum atomic E-state index is -3.15. The van der Waals surface area contributed by atoms with Crippen molar-refractivity contribution in [2.45, 2.75) is 25.3 Å². The molecule has 8 heteroatoms. The molecule has 2 aromatic carbocycles. The Morgan fingerprint density at radius 2 is 1.89 bits per heavy atom. The lowest BCUT2D eigenvalue weighted by Gasteiger charge is -2.29. The molecule has 2 amide bonds. The number of hydrazone groups is 1. The van der Waals surface area contributed by atoms with Crippen molar-refractivity contribution < 1.29 is 18.0 Å². The molecule has 2 aliphatic rings. The fourth-order valence-corrected chi connectivity index (χ4v) is 5.47. The van der Waals surface area contributed by atoms with Gasteiger partial charge in [-0.25, -0.2) is 13.4 Å². The van der Waals surface area contributed by atoms with Crippen molar-refractivity contribution in [2.75, 3.05) is 23.5 Å². The van der Waals surface area contributed by atoms with Crippen LogP contribution in [0.2, 0.25) is 0 Å². The van der Waals surface area contributed by atoms with Gasteiger partial charge >= 0.3 is 0 Å². The fraction of sp³-hybridized carbons (Fsp3) is 0.350. The van der Waals surface area contributed by atoms with Crippen LogP contribution >= 0.6 is 0 Å². The number of hydrogen-bond donors (Lipinski definition) is 0. The Hall–Kier alpha value is -2.74. The van der Waals surface area contributed by atoms with Crippen LogP contribution in [-0.4, -0.2) is 55.5 Å². The molecule has 1 unspecified atom stereocenters. The fourth-order valence-electron chi connectivity index (χ4n) is 3.78. The van der Waals surface area contributed by atoms with Gasteiger partial charge in [-0.05, 0) is 17.9 Å². The number of hydrogen-bond acceptors (Lipinski definition) is 5. The van der Waals surface area contributed by atoms with E-state index in [1.807, 2.05) is 42.5 Å². The molecule has 2 heterocycles. The van der Waals surface area contributed by atoms with Crippen LogP contribution in [-0.2, 0) is 19.4 Å². The van der Waals surface area contributed by atoms with Gasteiger partial charge in [-0.15, -0.1) is 0 Å². The molecule has 2 aromatic rings. The standard InChI is InChI=1S/C20H21N3O4S/c1-22(18-8-4-6-14-5-2-3-7-16(14)18)20(25)17-9-10-19(24)23(21-17)15-11-12-28(26,27)13-15/h2-8,15H,9-13H2,1H3. The molecule has 1 atom stereocenters. The number of benzene rings is 2. The molecule has 0 saturated carbocycles. The minimum Gasteiger partial charge on any atom is -0.310 e. The van der Waals surface area contributed by atoms with E-state index >= 15 is 0 Å². The lowest BCUT2D eigenvalue weighted by molar-refractivity contribution is -0.133. The van der Waals surface area contributed by atoms with Gasteiger partial charge in [0.1, 0.15) is 5.71 Å². The summed E-state index contributed by atoms with van der Waals surface area (Å²) >= 11 is 0. The second-order valence-corrected chi connectivity index (χ2v) is 9.43. The number of amides is 2.